The molecule has 1 amide bonds. The Bertz CT molecular complexity index is 1430. The number of carbonyl (C=O) groups is 1. The van der Waals surface area contributed by atoms with Crippen molar-refractivity contribution in [2.45, 2.75) is 12.5 Å². The number of nitrogens with one attached hydrogen (secondary N) is 2. The van der Waals surface area contributed by atoms with Crippen LogP contribution in [0.5, 0.6) is 17.4 Å². The van der Waals surface area contributed by atoms with Crippen LogP contribution in [-0.2, 0) is 11.2 Å². The van der Waals surface area contributed by atoms with E-state index in [0.29, 0.717) is 26.2 Å². The van der Waals surface area contributed by atoms with Gasteiger partial charge >= 0.3 is 5.69 Å². The average molecular weight is 603 g/mol. The molecule has 0 fully saturated rings. The highest BCUT2D eigenvalue weighted by atomic mass is 127. The lowest BCUT2D eigenvalue weighted by molar-refractivity contribution is -0.119. The minimum absolute atomic E-state index is 0.0291. The van der Waals surface area contributed by atoms with Crippen molar-refractivity contribution in [2.24, 2.45) is 0 Å². The summed E-state index contributed by atoms with van der Waals surface area (Å²) in [7, 11) is 3.07. The molecule has 8 nitrogen and oxygen atoms in total. The second-order valence-corrected chi connectivity index (χ2v) is 9.15. The van der Waals surface area contributed by atoms with Crippen LogP contribution >= 0.6 is 22.6 Å². The van der Waals surface area contributed by atoms with Crippen LogP contribution in [0.1, 0.15) is 11.6 Å². The Morgan fingerprint density at radius 2 is 1.67 bits per heavy atom. The third kappa shape index (κ3) is 5.38. The molecular formula is C26H23FIN3O5. The van der Waals surface area contributed by atoms with Crippen LogP contribution in [0.3, 0.4) is 0 Å². The number of imidazole rings is 1. The standard InChI is InChI=1S/C26H23FIN3O5/c1-35-18-8-3-15(4-9-18)13-22(24(32)29-21-12-7-17(28)14-20(21)27)31-25(33)23(30-26(31)34)16-5-10-19(36-2)11-6-16/h3-12,14,22,33H,13H2,1-2H3,(H,29,32)(H,30,34)/t22-/m0/s1. The van der Waals surface area contributed by atoms with E-state index < -0.39 is 29.3 Å². The van der Waals surface area contributed by atoms with Crippen molar-refractivity contribution in [1.82, 2.24) is 9.55 Å². The first kappa shape index (κ1) is 25.3. The molecule has 36 heavy (non-hydrogen) atoms. The SMILES string of the molecule is COc1ccc(C[C@@H](C(=O)Nc2ccc(I)cc2F)n2c(O)c(-c3ccc(OC)cc3)[nH]c2=O)cc1. The first-order valence-electron chi connectivity index (χ1n) is 10.9. The van der Waals surface area contributed by atoms with E-state index in [4.69, 9.17) is 9.47 Å². The molecule has 0 spiro atoms. The summed E-state index contributed by atoms with van der Waals surface area (Å²) in [6.45, 7) is 0. The molecule has 0 unspecified atom stereocenters. The predicted octanol–water partition coefficient (Wildman–Crippen LogP) is 4.73. The van der Waals surface area contributed by atoms with Crippen molar-refractivity contribution < 1.29 is 23.8 Å². The predicted molar refractivity (Wildman–Crippen MR) is 142 cm³/mol. The second kappa shape index (κ2) is 10.9. The number of aromatic nitrogens is 2. The normalized spacial score (nSPS) is 11.7. The lowest BCUT2D eigenvalue weighted by atomic mass is 10.0. The summed E-state index contributed by atoms with van der Waals surface area (Å²) >= 11 is 1.97. The van der Waals surface area contributed by atoms with Crippen LogP contribution in [-0.4, -0.2) is 34.8 Å². The Kier molecular flexibility index (Phi) is 7.63. The summed E-state index contributed by atoms with van der Waals surface area (Å²) in [6, 6.07) is 16.9. The maximum atomic E-state index is 14.5. The fourth-order valence-corrected chi connectivity index (χ4v) is 4.23. The number of benzene rings is 3. The summed E-state index contributed by atoms with van der Waals surface area (Å²) in [6.07, 6.45) is 0.0508. The van der Waals surface area contributed by atoms with Gasteiger partial charge in [-0.15, -0.1) is 0 Å². The molecule has 0 saturated heterocycles. The summed E-state index contributed by atoms with van der Waals surface area (Å²) in [5.74, 6) is -0.450. The maximum Gasteiger partial charge on any atom is 0.329 e. The van der Waals surface area contributed by atoms with Gasteiger partial charge in [-0.3, -0.25) is 4.79 Å². The van der Waals surface area contributed by atoms with Crippen LogP contribution < -0.4 is 20.5 Å². The number of H-pyrrole nitrogens is 1. The minimum Gasteiger partial charge on any atom is -0.497 e. The number of hydrogen-bond donors (Lipinski definition) is 3. The van der Waals surface area contributed by atoms with Crippen LogP contribution in [0, 0.1) is 9.39 Å². The van der Waals surface area contributed by atoms with Gasteiger partial charge in [-0.05, 0) is 82.8 Å². The van der Waals surface area contributed by atoms with Crippen molar-refractivity contribution >= 4 is 34.2 Å². The molecule has 4 aromatic rings. The minimum atomic E-state index is -1.19. The van der Waals surface area contributed by atoms with E-state index in [1.54, 1.807) is 61.7 Å². The number of ether oxygens (including phenoxy) is 2. The van der Waals surface area contributed by atoms with E-state index in [1.807, 2.05) is 22.6 Å². The summed E-state index contributed by atoms with van der Waals surface area (Å²) in [4.78, 5) is 29.0. The van der Waals surface area contributed by atoms with E-state index >= 15 is 0 Å². The topological polar surface area (TPSA) is 106 Å². The second-order valence-electron chi connectivity index (χ2n) is 7.91. The van der Waals surface area contributed by atoms with Gasteiger partial charge in [-0.1, -0.05) is 12.1 Å². The highest BCUT2D eigenvalue weighted by Crippen LogP contribution is 2.31. The molecule has 10 heteroatoms. The first-order valence-corrected chi connectivity index (χ1v) is 11.9. The summed E-state index contributed by atoms with van der Waals surface area (Å²) < 4.78 is 26.5. The lowest BCUT2D eigenvalue weighted by Crippen LogP contribution is -2.33. The van der Waals surface area contributed by atoms with Gasteiger partial charge in [0, 0.05) is 15.6 Å². The largest absolute Gasteiger partial charge is 0.497 e. The molecular weight excluding hydrogens is 580 g/mol. The van der Waals surface area contributed by atoms with Crippen LogP contribution in [0.4, 0.5) is 10.1 Å². The number of anilines is 1. The number of halogens is 2. The molecule has 0 saturated carbocycles. The third-order valence-electron chi connectivity index (χ3n) is 5.67. The fraction of sp³-hybridized carbons (Fsp3) is 0.154. The van der Waals surface area contributed by atoms with Gasteiger partial charge in [0.15, 0.2) is 0 Å². The molecule has 1 aromatic heterocycles. The number of amides is 1. The molecule has 3 N–H and O–H groups in total. The Morgan fingerprint density at radius 3 is 2.25 bits per heavy atom. The van der Waals surface area contributed by atoms with Crippen LogP contribution in [0.15, 0.2) is 71.5 Å². The van der Waals surface area contributed by atoms with Gasteiger partial charge in [0.1, 0.15) is 29.1 Å². The molecule has 1 heterocycles. The zero-order valence-electron chi connectivity index (χ0n) is 19.4. The van der Waals surface area contributed by atoms with Crippen molar-refractivity contribution in [3.8, 4) is 28.6 Å². The van der Waals surface area contributed by atoms with Gasteiger partial charge in [-0.2, -0.15) is 0 Å². The average Bonchev–Trinajstić information content (AvgIpc) is 3.18. The zero-order valence-corrected chi connectivity index (χ0v) is 21.6. The molecule has 0 radical (unpaired) electrons. The maximum absolute atomic E-state index is 14.5. The molecule has 3 aromatic carbocycles. The fourth-order valence-electron chi connectivity index (χ4n) is 3.78. The monoisotopic (exact) mass is 603 g/mol. The molecule has 0 aliphatic rings. The highest BCUT2D eigenvalue weighted by Gasteiger charge is 2.29. The Balaban J connectivity index is 1.74. The van der Waals surface area contributed by atoms with E-state index in [1.165, 1.54) is 19.2 Å². The molecule has 0 bridgehead atoms. The number of aromatic hydroxyl groups is 1. The van der Waals surface area contributed by atoms with Crippen molar-refractivity contribution in [2.75, 3.05) is 19.5 Å². The zero-order chi connectivity index (χ0) is 25.8. The lowest BCUT2D eigenvalue weighted by Gasteiger charge is -2.19. The number of rotatable bonds is 8. The van der Waals surface area contributed by atoms with E-state index in [-0.39, 0.29) is 17.8 Å². The van der Waals surface area contributed by atoms with Gasteiger partial charge in [0.2, 0.25) is 11.8 Å². The number of carbonyl (C=O) groups excluding carboxylic acids is 1. The van der Waals surface area contributed by atoms with Gasteiger partial charge in [0.05, 0.1) is 19.9 Å². The quantitative estimate of drug-likeness (QED) is 0.253. The summed E-state index contributed by atoms with van der Waals surface area (Å²) in [5.41, 5.74) is 0.665. The van der Waals surface area contributed by atoms with Gasteiger partial charge < -0.3 is 24.9 Å². The Labute approximate surface area is 219 Å². The molecule has 186 valence electrons. The van der Waals surface area contributed by atoms with Gasteiger partial charge in [-0.25, -0.2) is 13.8 Å². The van der Waals surface area contributed by atoms with Crippen molar-refractivity contribution in [3.05, 3.63) is 92.2 Å². The smallest absolute Gasteiger partial charge is 0.329 e. The van der Waals surface area contributed by atoms with Crippen LogP contribution in [0.2, 0.25) is 0 Å². The van der Waals surface area contributed by atoms with Gasteiger partial charge in [0.25, 0.3) is 0 Å². The molecule has 0 aliphatic carbocycles. The Hall–Kier alpha value is -3.80. The number of hydrogen-bond acceptors (Lipinski definition) is 5. The van der Waals surface area contributed by atoms with Crippen molar-refractivity contribution in [1.29, 1.82) is 0 Å². The third-order valence-corrected chi connectivity index (χ3v) is 6.34. The number of aromatic amines is 1. The van der Waals surface area contributed by atoms with E-state index in [0.717, 1.165) is 4.57 Å². The van der Waals surface area contributed by atoms with Crippen molar-refractivity contribution in [3.63, 3.8) is 0 Å². The van der Waals surface area contributed by atoms with E-state index in [2.05, 4.69) is 10.3 Å². The summed E-state index contributed by atoms with van der Waals surface area (Å²) in [5, 5.41) is 13.6. The highest BCUT2D eigenvalue weighted by molar-refractivity contribution is 14.1. The molecule has 1 atom stereocenters. The number of methoxy groups -OCH3 is 2. The molecule has 4 rings (SSSR count). The van der Waals surface area contributed by atoms with E-state index in [9.17, 15) is 19.1 Å². The van der Waals surface area contributed by atoms with Crippen LogP contribution in [0.25, 0.3) is 11.3 Å². The first-order chi connectivity index (χ1) is 17.3. The molecule has 0 aliphatic heterocycles. The number of nitrogens with zero attached hydrogens (tertiary/aromatic N) is 1. The Morgan fingerprint density at radius 1 is 1.06 bits per heavy atom.